The van der Waals surface area contributed by atoms with E-state index < -0.39 is 10.0 Å². The summed E-state index contributed by atoms with van der Waals surface area (Å²) in [7, 11) is -3.78. The highest BCUT2D eigenvalue weighted by Gasteiger charge is 2.18. The van der Waals surface area contributed by atoms with Crippen molar-refractivity contribution < 1.29 is 13.2 Å². The number of carbonyl (C=O) groups is 1. The van der Waals surface area contributed by atoms with Crippen molar-refractivity contribution in [1.82, 2.24) is 0 Å². The summed E-state index contributed by atoms with van der Waals surface area (Å²) in [5.74, 6) is -0.269. The number of aryl methyl sites for hydroxylation is 1. The molecule has 0 bridgehead atoms. The van der Waals surface area contributed by atoms with Crippen LogP contribution in [0.25, 0.3) is 0 Å². The summed E-state index contributed by atoms with van der Waals surface area (Å²) < 4.78 is 27.5. The molecule has 0 aliphatic carbocycles. The number of sulfonamides is 1. The van der Waals surface area contributed by atoms with E-state index in [1.54, 1.807) is 37.3 Å². The third-order valence-electron chi connectivity index (χ3n) is 2.87. The summed E-state index contributed by atoms with van der Waals surface area (Å²) in [6.45, 7) is 3.04. The van der Waals surface area contributed by atoms with Crippen LogP contribution in [0.2, 0.25) is 5.02 Å². The quantitative estimate of drug-likeness (QED) is 0.897. The first kappa shape index (κ1) is 16.3. The van der Waals surface area contributed by atoms with Gasteiger partial charge in [0.05, 0.1) is 10.6 Å². The topological polar surface area (TPSA) is 75.3 Å². The van der Waals surface area contributed by atoms with Gasteiger partial charge in [-0.1, -0.05) is 23.7 Å². The third-order valence-corrected chi connectivity index (χ3v) is 4.63. The van der Waals surface area contributed by atoms with Crippen molar-refractivity contribution in [3.8, 4) is 0 Å². The number of rotatable bonds is 4. The van der Waals surface area contributed by atoms with E-state index in [1.807, 2.05) is 0 Å². The zero-order valence-corrected chi connectivity index (χ0v) is 13.6. The fraction of sp³-hybridized carbons (Fsp3) is 0.133. The molecule has 0 saturated heterocycles. The van der Waals surface area contributed by atoms with Crippen molar-refractivity contribution in [3.05, 3.63) is 53.1 Å². The van der Waals surface area contributed by atoms with Gasteiger partial charge in [-0.2, -0.15) is 0 Å². The molecule has 0 aliphatic rings. The normalized spacial score (nSPS) is 11.0. The molecule has 0 aromatic heterocycles. The predicted molar refractivity (Wildman–Crippen MR) is 87.7 cm³/mol. The zero-order chi connectivity index (χ0) is 16.3. The van der Waals surface area contributed by atoms with E-state index in [9.17, 15) is 13.2 Å². The highest BCUT2D eigenvalue weighted by Crippen LogP contribution is 2.24. The minimum atomic E-state index is -3.78. The Bertz CT molecular complexity index is 819. The van der Waals surface area contributed by atoms with E-state index in [4.69, 9.17) is 11.6 Å². The van der Waals surface area contributed by atoms with Gasteiger partial charge in [-0.25, -0.2) is 8.42 Å². The van der Waals surface area contributed by atoms with Crippen LogP contribution in [0.3, 0.4) is 0 Å². The van der Waals surface area contributed by atoms with Crippen LogP contribution in [0.1, 0.15) is 12.5 Å². The lowest BCUT2D eigenvalue weighted by molar-refractivity contribution is -0.114. The van der Waals surface area contributed by atoms with Gasteiger partial charge >= 0.3 is 0 Å². The van der Waals surface area contributed by atoms with Gasteiger partial charge in [-0.05, 0) is 42.8 Å². The molecule has 2 aromatic carbocycles. The summed E-state index contributed by atoms with van der Waals surface area (Å²) >= 11 is 5.85. The minimum Gasteiger partial charge on any atom is -0.326 e. The van der Waals surface area contributed by atoms with Gasteiger partial charge in [0.25, 0.3) is 10.0 Å². The smallest absolute Gasteiger partial charge is 0.262 e. The fourth-order valence-corrected chi connectivity index (χ4v) is 3.44. The molecule has 7 heteroatoms. The number of carbonyl (C=O) groups excluding carboxylic acids is 1. The average molecular weight is 339 g/mol. The number of halogens is 1. The maximum atomic E-state index is 12.5. The molecule has 0 atom stereocenters. The van der Waals surface area contributed by atoms with Crippen molar-refractivity contribution in [2.45, 2.75) is 18.7 Å². The molecular weight excluding hydrogens is 324 g/mol. The SMILES string of the molecule is CC(=O)Nc1ccc(C)c(S(=O)(=O)Nc2cccc(Cl)c2)c1. The molecule has 2 N–H and O–H groups in total. The van der Waals surface area contributed by atoms with Crippen LogP contribution in [-0.4, -0.2) is 14.3 Å². The fourth-order valence-electron chi connectivity index (χ4n) is 1.93. The number of anilines is 2. The molecule has 2 rings (SSSR count). The van der Waals surface area contributed by atoms with Crippen LogP contribution < -0.4 is 10.0 Å². The molecule has 5 nitrogen and oxygen atoms in total. The molecule has 0 fully saturated rings. The summed E-state index contributed by atoms with van der Waals surface area (Å²) in [6.07, 6.45) is 0. The van der Waals surface area contributed by atoms with E-state index in [2.05, 4.69) is 10.0 Å². The highest BCUT2D eigenvalue weighted by molar-refractivity contribution is 7.92. The second-order valence-electron chi connectivity index (χ2n) is 4.78. The molecule has 116 valence electrons. The number of amides is 1. The first-order valence-corrected chi connectivity index (χ1v) is 8.31. The summed E-state index contributed by atoms with van der Waals surface area (Å²) in [4.78, 5) is 11.2. The Labute approximate surface area is 134 Å². The third kappa shape index (κ3) is 3.99. The van der Waals surface area contributed by atoms with Gasteiger partial charge in [-0.3, -0.25) is 9.52 Å². The molecule has 0 heterocycles. The Balaban J connectivity index is 2.38. The van der Waals surface area contributed by atoms with Gasteiger partial charge in [0.1, 0.15) is 0 Å². The van der Waals surface area contributed by atoms with Crippen LogP contribution >= 0.6 is 11.6 Å². The Hall–Kier alpha value is -2.05. The second-order valence-corrected chi connectivity index (χ2v) is 6.86. The number of hydrogen-bond acceptors (Lipinski definition) is 3. The van der Waals surface area contributed by atoms with Crippen molar-refractivity contribution in [2.75, 3.05) is 10.0 Å². The number of nitrogens with one attached hydrogen (secondary N) is 2. The average Bonchev–Trinajstić information content (AvgIpc) is 2.39. The van der Waals surface area contributed by atoms with Gasteiger partial charge < -0.3 is 5.32 Å². The van der Waals surface area contributed by atoms with Gasteiger partial charge in [0, 0.05) is 17.6 Å². The van der Waals surface area contributed by atoms with E-state index in [-0.39, 0.29) is 10.8 Å². The minimum absolute atomic E-state index is 0.0960. The van der Waals surface area contributed by atoms with Crippen LogP contribution in [-0.2, 0) is 14.8 Å². The standard InChI is InChI=1S/C15H15ClN2O3S/c1-10-6-7-13(17-11(2)19)9-15(10)22(20,21)18-14-5-3-4-12(16)8-14/h3-9,18H,1-2H3,(H,17,19). The van der Waals surface area contributed by atoms with Crippen molar-refractivity contribution in [1.29, 1.82) is 0 Å². The van der Waals surface area contributed by atoms with E-state index in [0.29, 0.717) is 22.0 Å². The molecular formula is C15H15ClN2O3S. The van der Waals surface area contributed by atoms with Crippen LogP contribution in [0.5, 0.6) is 0 Å². The maximum absolute atomic E-state index is 12.5. The molecule has 2 aromatic rings. The number of hydrogen-bond donors (Lipinski definition) is 2. The first-order valence-electron chi connectivity index (χ1n) is 6.44. The van der Waals surface area contributed by atoms with Gasteiger partial charge in [-0.15, -0.1) is 0 Å². The van der Waals surface area contributed by atoms with Gasteiger partial charge in [0.2, 0.25) is 5.91 Å². The molecule has 0 unspecified atom stereocenters. The maximum Gasteiger partial charge on any atom is 0.262 e. The van der Waals surface area contributed by atoms with Crippen molar-refractivity contribution in [2.24, 2.45) is 0 Å². The van der Waals surface area contributed by atoms with Crippen LogP contribution in [0, 0.1) is 6.92 Å². The van der Waals surface area contributed by atoms with Crippen LogP contribution in [0.4, 0.5) is 11.4 Å². The lowest BCUT2D eigenvalue weighted by Crippen LogP contribution is -2.15. The van der Waals surface area contributed by atoms with E-state index in [1.165, 1.54) is 19.1 Å². The Kier molecular flexibility index (Phi) is 4.73. The molecule has 0 aliphatic heterocycles. The van der Waals surface area contributed by atoms with Crippen LogP contribution in [0.15, 0.2) is 47.4 Å². The highest BCUT2D eigenvalue weighted by atomic mass is 35.5. The molecule has 0 spiro atoms. The summed E-state index contributed by atoms with van der Waals surface area (Å²) in [5, 5.41) is 3.00. The lowest BCUT2D eigenvalue weighted by Gasteiger charge is -2.12. The summed E-state index contributed by atoms with van der Waals surface area (Å²) in [6, 6.07) is 11.1. The first-order chi connectivity index (χ1) is 10.3. The lowest BCUT2D eigenvalue weighted by atomic mass is 10.2. The van der Waals surface area contributed by atoms with E-state index >= 15 is 0 Å². The van der Waals surface area contributed by atoms with Crippen molar-refractivity contribution >= 4 is 38.9 Å². The largest absolute Gasteiger partial charge is 0.326 e. The second kappa shape index (κ2) is 6.37. The Morgan fingerprint density at radius 2 is 1.82 bits per heavy atom. The number of benzene rings is 2. The molecule has 0 radical (unpaired) electrons. The Morgan fingerprint density at radius 3 is 2.45 bits per heavy atom. The molecule has 0 saturated carbocycles. The predicted octanol–water partition coefficient (Wildman–Crippen LogP) is 3.41. The monoisotopic (exact) mass is 338 g/mol. The molecule has 1 amide bonds. The Morgan fingerprint density at radius 1 is 1.09 bits per heavy atom. The van der Waals surface area contributed by atoms with E-state index in [0.717, 1.165) is 0 Å². The molecule has 22 heavy (non-hydrogen) atoms. The zero-order valence-electron chi connectivity index (χ0n) is 12.1. The van der Waals surface area contributed by atoms with Crippen molar-refractivity contribution in [3.63, 3.8) is 0 Å². The summed E-state index contributed by atoms with van der Waals surface area (Å²) in [5.41, 5.74) is 1.37. The van der Waals surface area contributed by atoms with Gasteiger partial charge in [0.15, 0.2) is 0 Å².